The van der Waals surface area contributed by atoms with Gasteiger partial charge in [0.2, 0.25) is 5.91 Å². The first-order valence-corrected chi connectivity index (χ1v) is 14.4. The van der Waals surface area contributed by atoms with E-state index in [0.717, 1.165) is 42.8 Å². The van der Waals surface area contributed by atoms with E-state index in [-0.39, 0.29) is 17.9 Å². The Labute approximate surface area is 229 Å². The molecule has 2 aliphatic carbocycles. The molecule has 1 aromatic heterocycles. The lowest BCUT2D eigenvalue weighted by Crippen LogP contribution is -2.33. The third-order valence-electron chi connectivity index (χ3n) is 7.69. The van der Waals surface area contributed by atoms with Crippen LogP contribution >= 0.6 is 11.9 Å². The van der Waals surface area contributed by atoms with Crippen molar-refractivity contribution in [1.82, 2.24) is 9.71 Å². The van der Waals surface area contributed by atoms with E-state index >= 15 is 0 Å². The number of pyridine rings is 1. The van der Waals surface area contributed by atoms with Gasteiger partial charge in [-0.15, -0.1) is 0 Å². The second-order valence-corrected chi connectivity index (χ2v) is 11.3. The van der Waals surface area contributed by atoms with E-state index < -0.39 is 0 Å². The molecule has 6 rings (SSSR count). The Morgan fingerprint density at radius 3 is 2.55 bits per heavy atom. The molecule has 1 fully saturated rings. The molecule has 5 heteroatoms. The molecule has 4 aromatic rings. The Balaban J connectivity index is 1.29. The van der Waals surface area contributed by atoms with Crippen LogP contribution in [0, 0.1) is 12.8 Å². The van der Waals surface area contributed by atoms with E-state index in [1.165, 1.54) is 21.6 Å². The molecule has 0 aliphatic heterocycles. The van der Waals surface area contributed by atoms with Crippen molar-refractivity contribution in [2.45, 2.75) is 56.0 Å². The zero-order valence-corrected chi connectivity index (χ0v) is 22.5. The van der Waals surface area contributed by atoms with Gasteiger partial charge >= 0.3 is 0 Å². The molecule has 3 aromatic carbocycles. The lowest BCUT2D eigenvalue weighted by atomic mass is 9.87. The Kier molecular flexibility index (Phi) is 7.30. The number of amides is 1. The van der Waals surface area contributed by atoms with Crippen molar-refractivity contribution in [3.63, 3.8) is 0 Å². The molecule has 1 amide bonds. The molecule has 3 unspecified atom stereocenters. The van der Waals surface area contributed by atoms with E-state index in [1.807, 2.05) is 42.2 Å². The van der Waals surface area contributed by atoms with Crippen LogP contribution in [0.15, 0.2) is 102 Å². The van der Waals surface area contributed by atoms with Crippen LogP contribution < -0.4 is 9.62 Å². The van der Waals surface area contributed by atoms with Crippen molar-refractivity contribution in [3.05, 3.63) is 125 Å². The largest absolute Gasteiger partial charge is 0.306 e. The summed E-state index contributed by atoms with van der Waals surface area (Å²) in [6.45, 7) is 2.48. The Hall–Kier alpha value is -3.41. The van der Waals surface area contributed by atoms with Crippen LogP contribution in [-0.2, 0) is 17.8 Å². The Morgan fingerprint density at radius 2 is 1.76 bits per heavy atom. The summed E-state index contributed by atoms with van der Waals surface area (Å²) in [5.41, 5.74) is 6.79. The fourth-order valence-corrected chi connectivity index (χ4v) is 6.40. The molecule has 0 spiro atoms. The van der Waals surface area contributed by atoms with Gasteiger partial charge in [0.05, 0.1) is 12.2 Å². The van der Waals surface area contributed by atoms with Crippen molar-refractivity contribution in [2.24, 2.45) is 5.92 Å². The highest BCUT2D eigenvalue weighted by molar-refractivity contribution is 7.97. The van der Waals surface area contributed by atoms with E-state index in [4.69, 9.17) is 4.98 Å². The van der Waals surface area contributed by atoms with Crippen molar-refractivity contribution in [3.8, 4) is 0 Å². The van der Waals surface area contributed by atoms with Crippen LogP contribution in [-0.4, -0.2) is 10.9 Å². The number of fused-ring (bicyclic) bond motifs is 1. The quantitative estimate of drug-likeness (QED) is 0.246. The van der Waals surface area contributed by atoms with Gasteiger partial charge in [0.1, 0.15) is 0 Å². The first-order chi connectivity index (χ1) is 18.7. The maximum atomic E-state index is 14.0. The van der Waals surface area contributed by atoms with Gasteiger partial charge in [-0.2, -0.15) is 0 Å². The summed E-state index contributed by atoms with van der Waals surface area (Å²) in [6, 6.07) is 33.8. The monoisotopic (exact) mass is 519 g/mol. The summed E-state index contributed by atoms with van der Waals surface area (Å²) in [4.78, 5) is 21.9. The highest BCUT2D eigenvalue weighted by Gasteiger charge is 2.46. The summed E-state index contributed by atoms with van der Waals surface area (Å²) in [7, 11) is 0. The van der Waals surface area contributed by atoms with E-state index in [2.05, 4.69) is 71.5 Å². The van der Waals surface area contributed by atoms with E-state index in [9.17, 15) is 4.79 Å². The number of carbonyl (C=O) groups excluding carboxylic acids is 1. The SMILES string of the molecule is Cc1cccc(CN(C(=O)C2CC2c2ccccc2)c2ccc3c(c2)C(NSc2ccccc2)CCC3)n1. The van der Waals surface area contributed by atoms with Crippen LogP contribution in [0.1, 0.15) is 59.3 Å². The third kappa shape index (κ3) is 5.54. The number of anilines is 1. The number of aryl methyl sites for hydroxylation is 2. The Bertz CT molecular complexity index is 1410. The Morgan fingerprint density at radius 1 is 0.974 bits per heavy atom. The van der Waals surface area contributed by atoms with Crippen molar-refractivity contribution in [1.29, 1.82) is 0 Å². The zero-order valence-electron chi connectivity index (χ0n) is 21.7. The average molecular weight is 520 g/mol. The number of hydrogen-bond acceptors (Lipinski definition) is 4. The molecule has 0 saturated heterocycles. The maximum absolute atomic E-state index is 14.0. The molecule has 0 radical (unpaired) electrons. The van der Waals surface area contributed by atoms with Crippen LogP contribution in [0.2, 0.25) is 0 Å². The van der Waals surface area contributed by atoms with Gasteiger partial charge in [-0.05, 0) is 104 Å². The molecular formula is C33H33N3OS. The predicted octanol–water partition coefficient (Wildman–Crippen LogP) is 7.40. The number of nitrogens with zero attached hydrogens (tertiary/aromatic N) is 2. The van der Waals surface area contributed by atoms with Gasteiger partial charge in [0, 0.05) is 28.2 Å². The number of carbonyl (C=O) groups is 1. The molecular weight excluding hydrogens is 486 g/mol. The summed E-state index contributed by atoms with van der Waals surface area (Å²) >= 11 is 1.69. The smallest absolute Gasteiger partial charge is 0.231 e. The van der Waals surface area contributed by atoms with Gasteiger partial charge in [0.15, 0.2) is 0 Å². The number of rotatable bonds is 8. The lowest BCUT2D eigenvalue weighted by Gasteiger charge is -2.29. The first kappa shape index (κ1) is 24.9. The van der Waals surface area contributed by atoms with Gasteiger partial charge < -0.3 is 4.90 Å². The minimum atomic E-state index is 0.0146. The topological polar surface area (TPSA) is 45.2 Å². The van der Waals surface area contributed by atoms with Crippen LogP contribution in [0.25, 0.3) is 0 Å². The van der Waals surface area contributed by atoms with Crippen molar-refractivity contribution >= 4 is 23.5 Å². The van der Waals surface area contributed by atoms with Crippen molar-refractivity contribution in [2.75, 3.05) is 4.90 Å². The fourth-order valence-electron chi connectivity index (χ4n) is 5.59. The minimum Gasteiger partial charge on any atom is -0.306 e. The molecule has 192 valence electrons. The van der Waals surface area contributed by atoms with Crippen LogP contribution in [0.3, 0.4) is 0 Å². The maximum Gasteiger partial charge on any atom is 0.231 e. The van der Waals surface area contributed by atoms with Crippen LogP contribution in [0.4, 0.5) is 5.69 Å². The van der Waals surface area contributed by atoms with E-state index in [1.54, 1.807) is 11.9 Å². The molecule has 2 aliphatic rings. The molecule has 0 bridgehead atoms. The molecule has 4 nitrogen and oxygen atoms in total. The highest BCUT2D eigenvalue weighted by atomic mass is 32.2. The predicted molar refractivity (Wildman–Crippen MR) is 155 cm³/mol. The van der Waals surface area contributed by atoms with E-state index in [0.29, 0.717) is 12.5 Å². The second-order valence-electron chi connectivity index (χ2n) is 10.4. The number of aromatic nitrogens is 1. The van der Waals surface area contributed by atoms with Crippen molar-refractivity contribution < 1.29 is 4.79 Å². The molecule has 3 atom stereocenters. The highest BCUT2D eigenvalue weighted by Crippen LogP contribution is 2.49. The van der Waals surface area contributed by atoms with Crippen LogP contribution in [0.5, 0.6) is 0 Å². The summed E-state index contributed by atoms with van der Waals surface area (Å²) < 4.78 is 3.71. The normalized spacial score (nSPS) is 20.0. The summed E-state index contributed by atoms with van der Waals surface area (Å²) in [5, 5.41) is 0. The number of hydrogen-bond donors (Lipinski definition) is 1. The summed E-state index contributed by atoms with van der Waals surface area (Å²) in [5.74, 6) is 0.507. The van der Waals surface area contributed by atoms with Gasteiger partial charge in [-0.3, -0.25) is 14.5 Å². The fraction of sp³-hybridized carbons (Fsp3) is 0.273. The molecule has 1 heterocycles. The summed E-state index contributed by atoms with van der Waals surface area (Å²) in [6.07, 6.45) is 4.23. The molecule has 1 saturated carbocycles. The van der Waals surface area contributed by atoms with Gasteiger partial charge in [-0.1, -0.05) is 60.7 Å². The number of nitrogens with one attached hydrogen (secondary N) is 1. The standard InChI is InChI=1S/C33H33N3OS/c1-23-10-8-14-26(34-23)22-36(33(37)31-21-29(31)24-11-4-2-5-12-24)27-19-18-25-13-9-17-32(30(25)20-27)35-38-28-15-6-3-7-16-28/h2-8,10-12,14-16,18-20,29,31-32,35H,9,13,17,21-22H2,1H3. The third-order valence-corrected chi connectivity index (χ3v) is 8.60. The zero-order chi connectivity index (χ0) is 25.9. The molecule has 1 N–H and O–H groups in total. The average Bonchev–Trinajstić information content (AvgIpc) is 3.77. The lowest BCUT2D eigenvalue weighted by molar-refractivity contribution is -0.120. The second kappa shape index (κ2) is 11.1. The first-order valence-electron chi connectivity index (χ1n) is 13.5. The number of benzene rings is 3. The minimum absolute atomic E-state index is 0.0146. The van der Waals surface area contributed by atoms with Gasteiger partial charge in [-0.25, -0.2) is 0 Å². The molecule has 38 heavy (non-hydrogen) atoms. The van der Waals surface area contributed by atoms with Gasteiger partial charge in [0.25, 0.3) is 0 Å².